The second-order valence-corrected chi connectivity index (χ2v) is 7.25. The number of rotatable bonds is 7. The number of imidazole rings is 1. The van der Waals surface area contributed by atoms with Gasteiger partial charge in [-0.1, -0.05) is 44.2 Å². The maximum absolute atomic E-state index is 13.7. The van der Waals surface area contributed by atoms with Crippen LogP contribution in [0.1, 0.15) is 49.6 Å². The van der Waals surface area contributed by atoms with Gasteiger partial charge >= 0.3 is 12.5 Å². The number of benzene rings is 2. The highest BCUT2D eigenvalue weighted by Crippen LogP contribution is 2.28. The summed E-state index contributed by atoms with van der Waals surface area (Å²) in [6.07, 6.45) is -1.03. The van der Waals surface area contributed by atoms with E-state index < -0.39 is 30.6 Å². The molecule has 0 aliphatic heterocycles. The van der Waals surface area contributed by atoms with Crippen LogP contribution in [-0.2, 0) is 9.53 Å². The van der Waals surface area contributed by atoms with Crippen molar-refractivity contribution in [2.45, 2.75) is 39.5 Å². The molecule has 8 heteroatoms. The molecular weight excluding hydrogens is 392 g/mol. The van der Waals surface area contributed by atoms with Crippen molar-refractivity contribution in [3.8, 4) is 0 Å². The number of nitrogens with one attached hydrogen (secondary N) is 1. The van der Waals surface area contributed by atoms with Gasteiger partial charge in [0.15, 0.2) is 11.9 Å². The van der Waals surface area contributed by atoms with Gasteiger partial charge < -0.3 is 10.1 Å². The number of carbonyl (C=O) groups excluding carboxylic acids is 2. The molecule has 1 amide bonds. The third kappa shape index (κ3) is 4.48. The van der Waals surface area contributed by atoms with Gasteiger partial charge in [-0.3, -0.25) is 9.36 Å². The minimum absolute atomic E-state index is 0.0588. The Balaban J connectivity index is 1.80. The monoisotopic (exact) mass is 415 g/mol. The van der Waals surface area contributed by atoms with Crippen molar-refractivity contribution in [2.24, 2.45) is 5.92 Å². The lowest BCUT2D eigenvalue weighted by atomic mass is 10.0. The second kappa shape index (κ2) is 9.02. The van der Waals surface area contributed by atoms with Crippen molar-refractivity contribution < 1.29 is 23.1 Å². The number of nitrogens with zero attached hydrogens (tertiary/aromatic N) is 2. The summed E-state index contributed by atoms with van der Waals surface area (Å²) in [5.74, 6) is -1.46. The van der Waals surface area contributed by atoms with Crippen molar-refractivity contribution in [2.75, 3.05) is 0 Å². The van der Waals surface area contributed by atoms with Crippen LogP contribution in [0.3, 0.4) is 0 Å². The van der Waals surface area contributed by atoms with Crippen molar-refractivity contribution in [1.29, 1.82) is 0 Å². The molecule has 3 rings (SSSR count). The van der Waals surface area contributed by atoms with Gasteiger partial charge in [0, 0.05) is 5.56 Å². The van der Waals surface area contributed by atoms with Gasteiger partial charge in [0.25, 0.3) is 5.91 Å². The fourth-order valence-corrected chi connectivity index (χ4v) is 3.17. The summed E-state index contributed by atoms with van der Waals surface area (Å²) in [7, 11) is 0. The number of carbonyl (C=O) groups is 2. The molecular formula is C22H23F2N3O3. The Bertz CT molecular complexity index is 1030. The van der Waals surface area contributed by atoms with Crippen LogP contribution in [0.25, 0.3) is 11.0 Å². The van der Waals surface area contributed by atoms with Gasteiger partial charge in [0.2, 0.25) is 0 Å². The maximum Gasteiger partial charge on any atom is 0.329 e. The van der Waals surface area contributed by atoms with Crippen LogP contribution in [0.4, 0.5) is 8.78 Å². The first-order chi connectivity index (χ1) is 14.3. The molecule has 0 saturated carbocycles. The van der Waals surface area contributed by atoms with Crippen molar-refractivity contribution >= 4 is 22.9 Å². The average molecular weight is 415 g/mol. The van der Waals surface area contributed by atoms with E-state index in [1.165, 1.54) is 13.0 Å². The number of ether oxygens (including phenoxy) is 1. The van der Waals surface area contributed by atoms with Gasteiger partial charge in [-0.15, -0.1) is 0 Å². The molecule has 0 spiro atoms. The minimum Gasteiger partial charge on any atom is -0.453 e. The van der Waals surface area contributed by atoms with Gasteiger partial charge in [0.05, 0.1) is 11.0 Å². The summed E-state index contributed by atoms with van der Waals surface area (Å²) >= 11 is 0. The molecule has 158 valence electrons. The van der Waals surface area contributed by atoms with Gasteiger partial charge in [-0.25, -0.2) is 9.78 Å². The number of para-hydroxylation sites is 2. The zero-order valence-electron chi connectivity index (χ0n) is 16.9. The summed E-state index contributed by atoms with van der Waals surface area (Å²) in [5.41, 5.74) is 1.04. The quantitative estimate of drug-likeness (QED) is 0.577. The predicted molar refractivity (Wildman–Crippen MR) is 108 cm³/mol. The Hall–Kier alpha value is -3.29. The second-order valence-electron chi connectivity index (χ2n) is 7.25. The molecule has 0 aliphatic rings. The van der Waals surface area contributed by atoms with E-state index in [1.807, 2.05) is 0 Å². The molecule has 0 saturated heterocycles. The van der Waals surface area contributed by atoms with Gasteiger partial charge in [-0.2, -0.15) is 8.78 Å². The Labute approximate surface area is 172 Å². The summed E-state index contributed by atoms with van der Waals surface area (Å²) < 4.78 is 33.5. The number of fused-ring (bicyclic) bond motifs is 1. The van der Waals surface area contributed by atoms with E-state index >= 15 is 0 Å². The summed E-state index contributed by atoms with van der Waals surface area (Å²) in [6.45, 7) is 2.16. The van der Waals surface area contributed by atoms with E-state index in [0.29, 0.717) is 11.1 Å². The van der Waals surface area contributed by atoms with Crippen LogP contribution < -0.4 is 5.32 Å². The zero-order chi connectivity index (χ0) is 21.8. The zero-order valence-corrected chi connectivity index (χ0v) is 16.9. The molecule has 1 N–H and O–H groups in total. The Morgan fingerprint density at radius 1 is 1.00 bits per heavy atom. The first kappa shape index (κ1) is 21.4. The first-order valence-electron chi connectivity index (χ1n) is 9.61. The van der Waals surface area contributed by atoms with Crippen molar-refractivity contribution in [1.82, 2.24) is 14.9 Å². The Kier molecular flexibility index (Phi) is 6.44. The molecule has 30 heavy (non-hydrogen) atoms. The van der Waals surface area contributed by atoms with Crippen LogP contribution >= 0.6 is 0 Å². The largest absolute Gasteiger partial charge is 0.453 e. The molecule has 0 radical (unpaired) electrons. The number of aromatic nitrogens is 2. The van der Waals surface area contributed by atoms with Crippen LogP contribution in [0.2, 0.25) is 0 Å². The molecule has 1 heterocycles. The van der Waals surface area contributed by atoms with E-state index in [0.717, 1.165) is 4.57 Å². The third-order valence-electron chi connectivity index (χ3n) is 4.72. The smallest absolute Gasteiger partial charge is 0.329 e. The molecule has 2 aromatic carbocycles. The highest BCUT2D eigenvalue weighted by atomic mass is 19.3. The number of amides is 1. The fourth-order valence-electron chi connectivity index (χ4n) is 3.17. The molecule has 0 aliphatic carbocycles. The van der Waals surface area contributed by atoms with Crippen molar-refractivity contribution in [3.05, 3.63) is 66.0 Å². The standard InChI is InChI=1S/C22H23F2N3O3/c1-13(2)18(26-20(28)15-9-5-4-6-10-15)21(29)30-14(3)19-25-16-11-7-8-12-17(16)27(19)22(23)24/h4-14,18,22H,1-3H3,(H,26,28)/t14?,18-/m0/s1. The molecule has 6 nitrogen and oxygen atoms in total. The molecule has 0 fully saturated rings. The summed E-state index contributed by atoms with van der Waals surface area (Å²) in [6, 6.07) is 14.0. The molecule has 1 unspecified atom stereocenters. The lowest BCUT2D eigenvalue weighted by molar-refractivity contribution is -0.152. The van der Waals surface area contributed by atoms with Crippen LogP contribution in [-0.4, -0.2) is 27.5 Å². The highest BCUT2D eigenvalue weighted by Gasteiger charge is 2.30. The predicted octanol–water partition coefficient (Wildman–Crippen LogP) is 4.49. The van der Waals surface area contributed by atoms with Crippen LogP contribution in [0.15, 0.2) is 54.6 Å². The average Bonchev–Trinajstić information content (AvgIpc) is 3.12. The number of hydrogen-bond donors (Lipinski definition) is 1. The van der Waals surface area contributed by atoms with E-state index in [1.54, 1.807) is 62.4 Å². The third-order valence-corrected chi connectivity index (χ3v) is 4.72. The highest BCUT2D eigenvalue weighted by molar-refractivity contribution is 5.96. The normalized spacial score (nSPS) is 13.4. The lowest BCUT2D eigenvalue weighted by Crippen LogP contribution is -2.45. The van der Waals surface area contributed by atoms with E-state index in [4.69, 9.17) is 4.74 Å². The Morgan fingerprint density at radius 3 is 2.27 bits per heavy atom. The van der Waals surface area contributed by atoms with Crippen LogP contribution in [0, 0.1) is 5.92 Å². The van der Waals surface area contributed by atoms with Gasteiger partial charge in [-0.05, 0) is 37.1 Å². The van der Waals surface area contributed by atoms with E-state index in [-0.39, 0.29) is 17.3 Å². The molecule has 1 aromatic heterocycles. The minimum atomic E-state index is -2.84. The first-order valence-corrected chi connectivity index (χ1v) is 9.61. The fraction of sp³-hybridized carbons (Fsp3) is 0.318. The number of hydrogen-bond acceptors (Lipinski definition) is 4. The maximum atomic E-state index is 13.7. The number of alkyl halides is 2. The van der Waals surface area contributed by atoms with E-state index in [9.17, 15) is 18.4 Å². The number of esters is 1. The number of halogens is 2. The van der Waals surface area contributed by atoms with Crippen LogP contribution in [0.5, 0.6) is 0 Å². The van der Waals surface area contributed by atoms with Gasteiger partial charge in [0.1, 0.15) is 6.04 Å². The molecule has 2 atom stereocenters. The molecule has 0 bridgehead atoms. The summed E-state index contributed by atoms with van der Waals surface area (Å²) in [4.78, 5) is 29.4. The topological polar surface area (TPSA) is 73.2 Å². The SMILES string of the molecule is CC(OC(=O)[C@@H](NC(=O)c1ccccc1)C(C)C)c1nc2ccccc2n1C(F)F. The Morgan fingerprint density at radius 2 is 1.63 bits per heavy atom. The lowest BCUT2D eigenvalue weighted by Gasteiger charge is -2.23. The molecule has 3 aromatic rings. The van der Waals surface area contributed by atoms with Crippen molar-refractivity contribution in [3.63, 3.8) is 0 Å². The summed E-state index contributed by atoms with van der Waals surface area (Å²) in [5, 5.41) is 2.66. The van der Waals surface area contributed by atoms with E-state index in [2.05, 4.69) is 10.3 Å².